The number of nitrogens with two attached hydrogens (primary N) is 1. The van der Waals surface area contributed by atoms with Gasteiger partial charge in [0.1, 0.15) is 5.78 Å². The van der Waals surface area contributed by atoms with Crippen molar-refractivity contribution in [3.8, 4) is 0 Å². The summed E-state index contributed by atoms with van der Waals surface area (Å²) in [5.74, 6) is -0.252. The normalized spacial score (nSPS) is 19.8. The van der Waals surface area contributed by atoms with E-state index < -0.39 is 6.04 Å². The predicted octanol–water partition coefficient (Wildman–Crippen LogP) is 0.785. The lowest BCUT2D eigenvalue weighted by atomic mass is 9.93. The third-order valence-electron chi connectivity index (χ3n) is 3.89. The van der Waals surface area contributed by atoms with Crippen molar-refractivity contribution in [3.63, 3.8) is 0 Å². The summed E-state index contributed by atoms with van der Waals surface area (Å²) >= 11 is 0. The fourth-order valence-electron chi connectivity index (χ4n) is 2.90. The maximum absolute atomic E-state index is 12.4. The van der Waals surface area contributed by atoms with Crippen LogP contribution in [-0.2, 0) is 16.6 Å². The highest BCUT2D eigenvalue weighted by Crippen LogP contribution is 2.27. The molecule has 0 amide bonds. The second-order valence-electron chi connectivity index (χ2n) is 5.16. The summed E-state index contributed by atoms with van der Waals surface area (Å²) < 4.78 is 2.93. The number of Topliss-reactive ketones (excluding diaryl/α,β-unsaturated/α-hetero) is 2. The standard InChI is InChI=1S/C14H15N3O3/c1-16-13-9(15)3-2-4-11(13)17(14(16)20)10-6-5-8(18)7-12(10)19/h2-4,10H,5-7,15H2,1H3. The number of aryl methyl sites for hydroxylation is 1. The molecule has 1 saturated carbocycles. The van der Waals surface area contributed by atoms with E-state index in [4.69, 9.17) is 5.73 Å². The average Bonchev–Trinajstić information content (AvgIpc) is 2.64. The quantitative estimate of drug-likeness (QED) is 0.614. The first-order valence-corrected chi connectivity index (χ1v) is 6.50. The Balaban J connectivity index is 2.25. The zero-order valence-corrected chi connectivity index (χ0v) is 11.1. The van der Waals surface area contributed by atoms with Crippen LogP contribution >= 0.6 is 0 Å². The fourth-order valence-corrected chi connectivity index (χ4v) is 2.90. The number of fused-ring (bicyclic) bond motifs is 1. The maximum atomic E-state index is 12.4. The summed E-state index contributed by atoms with van der Waals surface area (Å²) in [6, 6.07) is 4.69. The fraction of sp³-hybridized carbons (Fsp3) is 0.357. The van der Waals surface area contributed by atoms with Gasteiger partial charge in [0.15, 0.2) is 5.78 Å². The molecular formula is C14H15N3O3. The van der Waals surface area contributed by atoms with Gasteiger partial charge in [-0.1, -0.05) is 6.07 Å². The first kappa shape index (κ1) is 12.7. The van der Waals surface area contributed by atoms with Crippen LogP contribution < -0.4 is 11.4 Å². The van der Waals surface area contributed by atoms with E-state index in [9.17, 15) is 14.4 Å². The number of hydrogen-bond donors (Lipinski definition) is 1. The molecule has 1 aliphatic carbocycles. The largest absolute Gasteiger partial charge is 0.397 e. The lowest BCUT2D eigenvalue weighted by molar-refractivity contribution is -0.132. The number of anilines is 1. The number of nitrogen functional groups attached to an aromatic ring is 1. The van der Waals surface area contributed by atoms with Crippen LogP contribution in [-0.4, -0.2) is 20.7 Å². The van der Waals surface area contributed by atoms with Crippen molar-refractivity contribution in [2.24, 2.45) is 7.05 Å². The molecule has 6 nitrogen and oxygen atoms in total. The Kier molecular flexibility index (Phi) is 2.74. The molecule has 1 fully saturated rings. The number of imidazole rings is 1. The third kappa shape index (κ3) is 1.68. The zero-order valence-electron chi connectivity index (χ0n) is 11.1. The van der Waals surface area contributed by atoms with E-state index in [0.717, 1.165) is 0 Å². The number of ketones is 2. The molecule has 0 spiro atoms. The molecule has 6 heteroatoms. The number of aromatic nitrogens is 2. The van der Waals surface area contributed by atoms with Gasteiger partial charge in [-0.25, -0.2) is 4.79 Å². The molecule has 1 unspecified atom stereocenters. The van der Waals surface area contributed by atoms with Gasteiger partial charge in [-0.15, -0.1) is 0 Å². The van der Waals surface area contributed by atoms with E-state index >= 15 is 0 Å². The van der Waals surface area contributed by atoms with Gasteiger partial charge in [-0.3, -0.25) is 18.7 Å². The molecule has 1 aromatic carbocycles. The van der Waals surface area contributed by atoms with Crippen LogP contribution in [0.3, 0.4) is 0 Å². The summed E-state index contributed by atoms with van der Waals surface area (Å²) in [6.45, 7) is 0. The lowest BCUT2D eigenvalue weighted by Crippen LogP contribution is -2.34. The number of benzene rings is 1. The Labute approximate surface area is 114 Å². The van der Waals surface area contributed by atoms with Gasteiger partial charge in [-0.2, -0.15) is 0 Å². The number of para-hydroxylation sites is 1. The highest BCUT2D eigenvalue weighted by atomic mass is 16.2. The summed E-state index contributed by atoms with van der Waals surface area (Å²) in [5.41, 5.74) is 7.41. The molecule has 1 aliphatic rings. The Hall–Kier alpha value is -2.37. The zero-order chi connectivity index (χ0) is 14.4. The molecule has 1 atom stereocenters. The van der Waals surface area contributed by atoms with Crippen molar-refractivity contribution < 1.29 is 9.59 Å². The van der Waals surface area contributed by atoms with Crippen molar-refractivity contribution in [2.45, 2.75) is 25.3 Å². The van der Waals surface area contributed by atoms with Crippen LogP contribution in [0.2, 0.25) is 0 Å². The smallest absolute Gasteiger partial charge is 0.329 e. The maximum Gasteiger partial charge on any atom is 0.329 e. The molecule has 0 saturated heterocycles. The molecule has 104 valence electrons. The minimum Gasteiger partial charge on any atom is -0.397 e. The number of carbonyl (C=O) groups excluding carboxylic acids is 2. The van der Waals surface area contributed by atoms with Gasteiger partial charge < -0.3 is 5.73 Å². The Morgan fingerprint density at radius 2 is 2.00 bits per heavy atom. The molecule has 2 N–H and O–H groups in total. The van der Waals surface area contributed by atoms with Crippen molar-refractivity contribution in [3.05, 3.63) is 28.7 Å². The van der Waals surface area contributed by atoms with Crippen molar-refractivity contribution in [1.82, 2.24) is 9.13 Å². The van der Waals surface area contributed by atoms with Crippen LogP contribution in [0.5, 0.6) is 0 Å². The van der Waals surface area contributed by atoms with Gasteiger partial charge in [0.2, 0.25) is 0 Å². The van der Waals surface area contributed by atoms with Gasteiger partial charge in [0.25, 0.3) is 0 Å². The first-order chi connectivity index (χ1) is 9.50. The van der Waals surface area contributed by atoms with E-state index in [1.807, 2.05) is 0 Å². The topological polar surface area (TPSA) is 87.1 Å². The minimum atomic E-state index is -0.564. The molecule has 20 heavy (non-hydrogen) atoms. The first-order valence-electron chi connectivity index (χ1n) is 6.50. The van der Waals surface area contributed by atoms with Crippen LogP contribution in [0.25, 0.3) is 11.0 Å². The highest BCUT2D eigenvalue weighted by Gasteiger charge is 2.31. The number of hydrogen-bond acceptors (Lipinski definition) is 4. The SMILES string of the molecule is Cn1c(=O)n(C2CCC(=O)CC2=O)c2cccc(N)c21. The van der Waals surface area contributed by atoms with Crippen LogP contribution in [0, 0.1) is 0 Å². The summed E-state index contributed by atoms with van der Waals surface area (Å²) in [4.78, 5) is 35.8. The van der Waals surface area contributed by atoms with E-state index in [1.54, 1.807) is 25.2 Å². The Morgan fingerprint density at radius 3 is 2.70 bits per heavy atom. The van der Waals surface area contributed by atoms with E-state index in [0.29, 0.717) is 29.6 Å². The Bertz CT molecular complexity index is 785. The second kappa shape index (κ2) is 4.33. The van der Waals surface area contributed by atoms with Crippen molar-refractivity contribution in [1.29, 1.82) is 0 Å². The average molecular weight is 273 g/mol. The van der Waals surface area contributed by atoms with Crippen LogP contribution in [0.4, 0.5) is 5.69 Å². The molecule has 2 aromatic rings. The molecule has 3 rings (SSSR count). The summed E-state index contributed by atoms with van der Waals surface area (Å²) in [7, 11) is 1.63. The summed E-state index contributed by atoms with van der Waals surface area (Å²) in [6.07, 6.45) is 0.628. The lowest BCUT2D eigenvalue weighted by Gasteiger charge is -2.21. The number of rotatable bonds is 1. The molecule has 1 aromatic heterocycles. The number of carbonyl (C=O) groups is 2. The van der Waals surface area contributed by atoms with Gasteiger partial charge in [0, 0.05) is 13.5 Å². The van der Waals surface area contributed by atoms with Crippen LogP contribution in [0.1, 0.15) is 25.3 Å². The second-order valence-corrected chi connectivity index (χ2v) is 5.16. The van der Waals surface area contributed by atoms with Gasteiger partial charge in [0.05, 0.1) is 29.2 Å². The molecule has 1 heterocycles. The molecule has 0 bridgehead atoms. The van der Waals surface area contributed by atoms with Gasteiger partial charge >= 0.3 is 5.69 Å². The monoisotopic (exact) mass is 273 g/mol. The predicted molar refractivity (Wildman–Crippen MR) is 74.5 cm³/mol. The number of nitrogens with zero attached hydrogens (tertiary/aromatic N) is 2. The highest BCUT2D eigenvalue weighted by molar-refractivity contribution is 6.03. The van der Waals surface area contributed by atoms with Crippen molar-refractivity contribution >= 4 is 28.3 Å². The molecular weight excluding hydrogens is 258 g/mol. The van der Waals surface area contributed by atoms with Crippen LogP contribution in [0.15, 0.2) is 23.0 Å². The molecule has 0 aliphatic heterocycles. The third-order valence-corrected chi connectivity index (χ3v) is 3.89. The minimum absolute atomic E-state index is 0.0564. The van der Waals surface area contributed by atoms with E-state index in [-0.39, 0.29) is 23.7 Å². The molecule has 0 radical (unpaired) electrons. The van der Waals surface area contributed by atoms with E-state index in [2.05, 4.69) is 0 Å². The Morgan fingerprint density at radius 1 is 1.25 bits per heavy atom. The van der Waals surface area contributed by atoms with Gasteiger partial charge in [-0.05, 0) is 18.6 Å². The van der Waals surface area contributed by atoms with E-state index in [1.165, 1.54) is 9.13 Å². The summed E-state index contributed by atoms with van der Waals surface area (Å²) in [5, 5.41) is 0. The van der Waals surface area contributed by atoms with Crippen molar-refractivity contribution in [2.75, 3.05) is 5.73 Å².